The number of carbonyl (C=O) groups excluding carboxylic acids is 1. The third kappa shape index (κ3) is 4.61. The minimum atomic E-state index is -0.136. The van der Waals surface area contributed by atoms with Crippen LogP contribution in [0.1, 0.15) is 10.4 Å². The van der Waals surface area contributed by atoms with Gasteiger partial charge in [-0.15, -0.1) is 0 Å². The zero-order chi connectivity index (χ0) is 17.6. The summed E-state index contributed by atoms with van der Waals surface area (Å²) in [7, 11) is 1.64. The fourth-order valence-electron chi connectivity index (χ4n) is 2.28. The van der Waals surface area contributed by atoms with E-state index in [1.807, 2.05) is 60.7 Å². The van der Waals surface area contributed by atoms with E-state index in [2.05, 4.69) is 26.6 Å². The van der Waals surface area contributed by atoms with Crippen molar-refractivity contribution in [3.05, 3.63) is 82.8 Å². The molecule has 1 amide bonds. The maximum absolute atomic E-state index is 12.2. The van der Waals surface area contributed by atoms with Crippen LogP contribution in [0.5, 0.6) is 5.75 Å². The maximum Gasteiger partial charge on any atom is 0.255 e. The Morgan fingerprint density at radius 3 is 1.88 bits per heavy atom. The van der Waals surface area contributed by atoms with E-state index in [1.165, 1.54) is 0 Å². The zero-order valence-electron chi connectivity index (χ0n) is 13.6. The number of ether oxygens (including phenoxy) is 1. The van der Waals surface area contributed by atoms with Gasteiger partial charge in [-0.05, 0) is 72.8 Å². The highest BCUT2D eigenvalue weighted by atomic mass is 79.9. The molecular weight excluding hydrogens is 380 g/mol. The highest BCUT2D eigenvalue weighted by Gasteiger charge is 2.05. The van der Waals surface area contributed by atoms with Crippen molar-refractivity contribution in [3.8, 4) is 5.75 Å². The second-order valence-electron chi connectivity index (χ2n) is 5.39. The smallest absolute Gasteiger partial charge is 0.255 e. The van der Waals surface area contributed by atoms with Gasteiger partial charge in [-0.2, -0.15) is 0 Å². The van der Waals surface area contributed by atoms with Crippen molar-refractivity contribution in [1.29, 1.82) is 0 Å². The molecule has 0 spiro atoms. The summed E-state index contributed by atoms with van der Waals surface area (Å²) >= 11 is 3.36. The molecule has 3 aromatic rings. The van der Waals surface area contributed by atoms with Crippen LogP contribution in [-0.4, -0.2) is 13.0 Å². The van der Waals surface area contributed by atoms with Gasteiger partial charge in [0, 0.05) is 27.1 Å². The van der Waals surface area contributed by atoms with Gasteiger partial charge in [-0.3, -0.25) is 4.79 Å². The molecule has 0 bridgehead atoms. The lowest BCUT2D eigenvalue weighted by Crippen LogP contribution is -2.11. The number of benzene rings is 3. The van der Waals surface area contributed by atoms with Gasteiger partial charge in [0.1, 0.15) is 5.75 Å². The van der Waals surface area contributed by atoms with Gasteiger partial charge in [-0.1, -0.05) is 15.9 Å². The third-order valence-corrected chi connectivity index (χ3v) is 4.16. The van der Waals surface area contributed by atoms with E-state index < -0.39 is 0 Å². The van der Waals surface area contributed by atoms with Crippen LogP contribution >= 0.6 is 15.9 Å². The molecule has 0 aliphatic heterocycles. The molecule has 0 heterocycles. The van der Waals surface area contributed by atoms with Crippen LogP contribution in [0.15, 0.2) is 77.3 Å². The van der Waals surface area contributed by atoms with Gasteiger partial charge in [0.05, 0.1) is 7.11 Å². The topological polar surface area (TPSA) is 50.4 Å². The molecule has 0 saturated carbocycles. The Kier molecular flexibility index (Phi) is 5.36. The van der Waals surface area contributed by atoms with Crippen LogP contribution < -0.4 is 15.4 Å². The summed E-state index contributed by atoms with van der Waals surface area (Å²) in [6.07, 6.45) is 0. The van der Waals surface area contributed by atoms with Crippen molar-refractivity contribution in [2.75, 3.05) is 17.7 Å². The molecule has 4 nitrogen and oxygen atoms in total. The first kappa shape index (κ1) is 17.0. The summed E-state index contributed by atoms with van der Waals surface area (Å²) < 4.78 is 6.09. The Balaban J connectivity index is 1.63. The van der Waals surface area contributed by atoms with Gasteiger partial charge in [0.25, 0.3) is 5.91 Å². The summed E-state index contributed by atoms with van der Waals surface area (Å²) in [5, 5.41) is 6.19. The summed E-state index contributed by atoms with van der Waals surface area (Å²) in [4.78, 5) is 12.2. The lowest BCUT2D eigenvalue weighted by atomic mass is 10.2. The van der Waals surface area contributed by atoms with E-state index in [4.69, 9.17) is 4.74 Å². The largest absolute Gasteiger partial charge is 0.497 e. The standard InChI is InChI=1S/C20H17BrN2O2/c1-25-19-12-10-17(11-13-19)22-16-6-8-18(9-7-16)23-20(24)14-2-4-15(21)5-3-14/h2-13,22H,1H3,(H,23,24). The molecule has 0 fully saturated rings. The highest BCUT2D eigenvalue weighted by Crippen LogP contribution is 2.21. The van der Waals surface area contributed by atoms with Crippen molar-refractivity contribution < 1.29 is 9.53 Å². The lowest BCUT2D eigenvalue weighted by molar-refractivity contribution is 0.102. The normalized spacial score (nSPS) is 10.2. The Hall–Kier alpha value is -2.79. The summed E-state index contributed by atoms with van der Waals surface area (Å²) in [5.74, 6) is 0.680. The second kappa shape index (κ2) is 7.85. The Bertz CT molecular complexity index is 844. The first-order valence-corrected chi connectivity index (χ1v) is 8.51. The van der Waals surface area contributed by atoms with Crippen LogP contribution in [0.4, 0.5) is 17.1 Å². The van der Waals surface area contributed by atoms with Crippen molar-refractivity contribution in [1.82, 2.24) is 0 Å². The molecule has 3 rings (SSSR count). The predicted molar refractivity (Wildman–Crippen MR) is 105 cm³/mol. The van der Waals surface area contributed by atoms with Gasteiger partial charge >= 0.3 is 0 Å². The predicted octanol–water partition coefficient (Wildman–Crippen LogP) is 5.45. The molecule has 0 aliphatic rings. The molecule has 0 unspecified atom stereocenters. The maximum atomic E-state index is 12.2. The molecule has 25 heavy (non-hydrogen) atoms. The van der Waals surface area contributed by atoms with E-state index in [-0.39, 0.29) is 5.91 Å². The molecule has 0 saturated heterocycles. The average molecular weight is 397 g/mol. The van der Waals surface area contributed by atoms with E-state index in [0.717, 1.165) is 27.3 Å². The Morgan fingerprint density at radius 2 is 1.32 bits per heavy atom. The summed E-state index contributed by atoms with van der Waals surface area (Å²) in [6.45, 7) is 0. The van der Waals surface area contributed by atoms with Crippen molar-refractivity contribution in [2.45, 2.75) is 0 Å². The van der Waals surface area contributed by atoms with Crippen molar-refractivity contribution >= 4 is 38.9 Å². The molecular formula is C20H17BrN2O2. The van der Waals surface area contributed by atoms with Crippen LogP contribution in [0.3, 0.4) is 0 Å². The molecule has 126 valence electrons. The van der Waals surface area contributed by atoms with E-state index in [9.17, 15) is 4.79 Å². The number of carbonyl (C=O) groups is 1. The molecule has 0 radical (unpaired) electrons. The molecule has 0 aromatic heterocycles. The van der Waals surface area contributed by atoms with Crippen LogP contribution in [0.25, 0.3) is 0 Å². The average Bonchev–Trinajstić information content (AvgIpc) is 2.64. The SMILES string of the molecule is COc1ccc(Nc2ccc(NC(=O)c3ccc(Br)cc3)cc2)cc1. The van der Waals surface area contributed by atoms with E-state index in [1.54, 1.807) is 19.2 Å². The van der Waals surface area contributed by atoms with Crippen molar-refractivity contribution in [3.63, 3.8) is 0 Å². The number of rotatable bonds is 5. The van der Waals surface area contributed by atoms with Gasteiger partial charge in [-0.25, -0.2) is 0 Å². The number of hydrogen-bond donors (Lipinski definition) is 2. The summed E-state index contributed by atoms with van der Waals surface area (Å²) in [5.41, 5.74) is 3.26. The van der Waals surface area contributed by atoms with E-state index in [0.29, 0.717) is 5.56 Å². The van der Waals surface area contributed by atoms with Crippen LogP contribution in [0, 0.1) is 0 Å². The van der Waals surface area contributed by atoms with E-state index >= 15 is 0 Å². The molecule has 3 aromatic carbocycles. The molecule has 0 aliphatic carbocycles. The minimum absolute atomic E-state index is 0.136. The van der Waals surface area contributed by atoms with Crippen LogP contribution in [0.2, 0.25) is 0 Å². The number of halogens is 1. The minimum Gasteiger partial charge on any atom is -0.497 e. The molecule has 0 atom stereocenters. The van der Waals surface area contributed by atoms with Gasteiger partial charge in [0.15, 0.2) is 0 Å². The van der Waals surface area contributed by atoms with Crippen molar-refractivity contribution in [2.24, 2.45) is 0 Å². The van der Waals surface area contributed by atoms with Gasteiger partial charge < -0.3 is 15.4 Å². The fraction of sp³-hybridized carbons (Fsp3) is 0.0500. The first-order valence-electron chi connectivity index (χ1n) is 7.72. The molecule has 2 N–H and O–H groups in total. The monoisotopic (exact) mass is 396 g/mol. The third-order valence-electron chi connectivity index (χ3n) is 3.63. The number of methoxy groups -OCH3 is 1. The van der Waals surface area contributed by atoms with Crippen LogP contribution in [-0.2, 0) is 0 Å². The highest BCUT2D eigenvalue weighted by molar-refractivity contribution is 9.10. The first-order chi connectivity index (χ1) is 12.1. The Labute approximate surface area is 155 Å². The number of anilines is 3. The summed E-state index contributed by atoms with van der Waals surface area (Å²) in [6, 6.07) is 22.5. The number of amides is 1. The number of hydrogen-bond acceptors (Lipinski definition) is 3. The fourth-order valence-corrected chi connectivity index (χ4v) is 2.55. The zero-order valence-corrected chi connectivity index (χ0v) is 15.2. The lowest BCUT2D eigenvalue weighted by Gasteiger charge is -2.09. The second-order valence-corrected chi connectivity index (χ2v) is 6.31. The van der Waals surface area contributed by atoms with Gasteiger partial charge in [0.2, 0.25) is 0 Å². The quantitative estimate of drug-likeness (QED) is 0.602. The Morgan fingerprint density at radius 1 is 0.800 bits per heavy atom. The molecule has 5 heteroatoms. The number of nitrogens with one attached hydrogen (secondary N) is 2.